The molecule has 0 aliphatic heterocycles. The van der Waals surface area contributed by atoms with Crippen LogP contribution in [0.3, 0.4) is 0 Å². The van der Waals surface area contributed by atoms with Gasteiger partial charge in [-0.15, -0.1) is 0 Å². The van der Waals surface area contributed by atoms with Crippen LogP contribution in [0.25, 0.3) is 0 Å². The largest absolute Gasteiger partial charge is 0.480 e. The van der Waals surface area contributed by atoms with Gasteiger partial charge in [0.2, 0.25) is 0 Å². The smallest absolute Gasteiger partial charge is 0.326 e. The molecule has 1 aliphatic carbocycles. The molecule has 2 amide bonds. The summed E-state index contributed by atoms with van der Waals surface area (Å²) in [5, 5.41) is 11.6. The number of carbonyl (C=O) groups excluding carboxylic acids is 1. The predicted molar refractivity (Wildman–Crippen MR) is 67.6 cm³/mol. The molecule has 0 saturated heterocycles. The van der Waals surface area contributed by atoms with E-state index in [0.29, 0.717) is 6.54 Å². The number of amides is 2. The quantitative estimate of drug-likeness (QED) is 0.847. The molecule has 6 heteroatoms. The number of hydrogen-bond donors (Lipinski definition) is 2. The van der Waals surface area contributed by atoms with Crippen molar-refractivity contribution in [3.05, 3.63) is 23.7 Å². The van der Waals surface area contributed by atoms with Crippen LogP contribution in [0.4, 0.5) is 4.79 Å². The molecule has 1 aliphatic rings. The normalized spacial score (nSPS) is 15.9. The molecular weight excluding hydrogens is 248 g/mol. The average Bonchev–Trinajstić information content (AvgIpc) is 3.11. The minimum absolute atomic E-state index is 0.0745. The van der Waals surface area contributed by atoms with Gasteiger partial charge in [-0.25, -0.2) is 9.59 Å². The fraction of sp³-hybridized carbons (Fsp3) is 0.538. The number of aryl methyl sites for hydroxylation is 1. The predicted octanol–water partition coefficient (Wildman–Crippen LogP) is 1.59. The van der Waals surface area contributed by atoms with Gasteiger partial charge in [-0.1, -0.05) is 0 Å². The van der Waals surface area contributed by atoms with Gasteiger partial charge in [0.1, 0.15) is 11.8 Å². The summed E-state index contributed by atoms with van der Waals surface area (Å²) < 4.78 is 5.16. The number of carboxylic acids is 1. The summed E-state index contributed by atoms with van der Waals surface area (Å²) in [6, 6.07) is 0.648. The first kappa shape index (κ1) is 13.5. The second-order valence-corrected chi connectivity index (χ2v) is 4.96. The number of furan rings is 1. The average molecular weight is 266 g/mol. The highest BCUT2D eigenvalue weighted by Crippen LogP contribution is 2.32. The van der Waals surface area contributed by atoms with Crippen LogP contribution in [0, 0.1) is 12.8 Å². The molecule has 2 N–H and O–H groups in total. The molecule has 2 rings (SSSR count). The van der Waals surface area contributed by atoms with E-state index in [2.05, 4.69) is 5.32 Å². The molecule has 0 aromatic carbocycles. The summed E-state index contributed by atoms with van der Waals surface area (Å²) >= 11 is 0. The van der Waals surface area contributed by atoms with Crippen LogP contribution in [0.15, 0.2) is 16.7 Å². The van der Waals surface area contributed by atoms with Crippen molar-refractivity contribution in [3.8, 4) is 0 Å². The van der Waals surface area contributed by atoms with Crippen molar-refractivity contribution in [2.24, 2.45) is 5.92 Å². The minimum atomic E-state index is -0.969. The second-order valence-electron chi connectivity index (χ2n) is 4.96. The summed E-state index contributed by atoms with van der Waals surface area (Å²) in [5.41, 5.74) is 0.913. The lowest BCUT2D eigenvalue weighted by Gasteiger charge is -2.21. The Morgan fingerprint density at radius 2 is 2.26 bits per heavy atom. The lowest BCUT2D eigenvalue weighted by atomic mass is 10.2. The highest BCUT2D eigenvalue weighted by molar-refractivity contribution is 5.83. The maximum atomic E-state index is 11.9. The van der Waals surface area contributed by atoms with Crippen molar-refractivity contribution >= 4 is 12.0 Å². The second kappa shape index (κ2) is 5.34. The van der Waals surface area contributed by atoms with Crippen LogP contribution in [-0.2, 0) is 11.3 Å². The molecule has 0 spiro atoms. The standard InChI is InChI=1S/C13H18N2O4/c1-8-10(5-6-19-8)7-15(2)13(18)14-11(12(16)17)9-3-4-9/h5-6,9,11H,3-4,7H2,1-2H3,(H,14,18)(H,16,17). The van der Waals surface area contributed by atoms with Crippen LogP contribution in [0.2, 0.25) is 0 Å². The number of carboxylic acid groups (broad SMARTS) is 1. The molecule has 19 heavy (non-hydrogen) atoms. The van der Waals surface area contributed by atoms with Crippen molar-refractivity contribution < 1.29 is 19.1 Å². The third-order valence-corrected chi connectivity index (χ3v) is 3.36. The molecule has 1 unspecified atom stereocenters. The van der Waals surface area contributed by atoms with Crippen molar-refractivity contribution in [2.45, 2.75) is 32.4 Å². The van der Waals surface area contributed by atoms with E-state index in [1.54, 1.807) is 19.4 Å². The number of carbonyl (C=O) groups is 2. The molecule has 6 nitrogen and oxygen atoms in total. The van der Waals surface area contributed by atoms with Gasteiger partial charge in [0.15, 0.2) is 0 Å². The first-order valence-electron chi connectivity index (χ1n) is 6.26. The molecule has 0 bridgehead atoms. The first-order valence-corrected chi connectivity index (χ1v) is 6.26. The van der Waals surface area contributed by atoms with Gasteiger partial charge < -0.3 is 19.7 Å². The Morgan fingerprint density at radius 1 is 1.58 bits per heavy atom. The van der Waals surface area contributed by atoms with E-state index in [0.717, 1.165) is 24.2 Å². The van der Waals surface area contributed by atoms with Crippen LogP contribution >= 0.6 is 0 Å². The van der Waals surface area contributed by atoms with Gasteiger partial charge in [0.25, 0.3) is 0 Å². The summed E-state index contributed by atoms with van der Waals surface area (Å²) in [5.74, 6) is -0.133. The third-order valence-electron chi connectivity index (χ3n) is 3.36. The maximum Gasteiger partial charge on any atom is 0.326 e. The van der Waals surface area contributed by atoms with Gasteiger partial charge >= 0.3 is 12.0 Å². The van der Waals surface area contributed by atoms with E-state index in [1.165, 1.54) is 4.90 Å². The lowest BCUT2D eigenvalue weighted by molar-refractivity contribution is -0.139. The van der Waals surface area contributed by atoms with Gasteiger partial charge in [-0.3, -0.25) is 0 Å². The molecule has 1 fully saturated rings. The summed E-state index contributed by atoms with van der Waals surface area (Å²) in [6.45, 7) is 2.22. The van der Waals surface area contributed by atoms with E-state index in [4.69, 9.17) is 9.52 Å². The molecule has 0 radical (unpaired) electrons. The Hall–Kier alpha value is -1.98. The summed E-state index contributed by atoms with van der Waals surface area (Å²) in [4.78, 5) is 24.5. The fourth-order valence-corrected chi connectivity index (χ4v) is 1.96. The number of nitrogens with zero attached hydrogens (tertiary/aromatic N) is 1. The monoisotopic (exact) mass is 266 g/mol. The lowest BCUT2D eigenvalue weighted by Crippen LogP contribution is -2.47. The van der Waals surface area contributed by atoms with Crippen LogP contribution in [0.1, 0.15) is 24.2 Å². The number of hydrogen-bond acceptors (Lipinski definition) is 3. The molecule has 1 heterocycles. The van der Waals surface area contributed by atoms with E-state index in [1.807, 2.05) is 6.92 Å². The maximum absolute atomic E-state index is 11.9. The fourth-order valence-electron chi connectivity index (χ4n) is 1.96. The molecule has 1 atom stereocenters. The van der Waals surface area contributed by atoms with Crippen LogP contribution in [-0.4, -0.2) is 35.1 Å². The Labute approximate surface area is 111 Å². The number of rotatable bonds is 5. The highest BCUT2D eigenvalue weighted by atomic mass is 16.4. The van der Waals surface area contributed by atoms with E-state index < -0.39 is 12.0 Å². The molecule has 104 valence electrons. The van der Waals surface area contributed by atoms with Gasteiger partial charge in [-0.05, 0) is 31.7 Å². The van der Waals surface area contributed by atoms with Crippen molar-refractivity contribution in [3.63, 3.8) is 0 Å². The van der Waals surface area contributed by atoms with E-state index in [-0.39, 0.29) is 11.9 Å². The van der Waals surface area contributed by atoms with Crippen LogP contribution in [0.5, 0.6) is 0 Å². The number of aliphatic carboxylic acids is 1. The Morgan fingerprint density at radius 3 is 2.74 bits per heavy atom. The van der Waals surface area contributed by atoms with E-state index in [9.17, 15) is 9.59 Å². The minimum Gasteiger partial charge on any atom is -0.480 e. The third kappa shape index (κ3) is 3.27. The van der Waals surface area contributed by atoms with Gasteiger partial charge in [-0.2, -0.15) is 0 Å². The molecular formula is C13H18N2O4. The molecule has 1 aromatic rings. The van der Waals surface area contributed by atoms with E-state index >= 15 is 0 Å². The Balaban J connectivity index is 1.91. The van der Waals surface area contributed by atoms with Crippen molar-refractivity contribution in [1.29, 1.82) is 0 Å². The van der Waals surface area contributed by atoms with Crippen LogP contribution < -0.4 is 5.32 Å². The molecule has 1 aromatic heterocycles. The topological polar surface area (TPSA) is 82.8 Å². The molecule has 1 saturated carbocycles. The van der Waals surface area contributed by atoms with Crippen molar-refractivity contribution in [1.82, 2.24) is 10.2 Å². The Bertz CT molecular complexity index is 479. The zero-order chi connectivity index (χ0) is 14.0. The highest BCUT2D eigenvalue weighted by Gasteiger charge is 2.37. The summed E-state index contributed by atoms with van der Waals surface area (Å²) in [7, 11) is 1.63. The zero-order valence-electron chi connectivity index (χ0n) is 11.0. The SMILES string of the molecule is Cc1occc1CN(C)C(=O)NC(C(=O)O)C1CC1. The number of urea groups is 1. The number of nitrogens with one attached hydrogen (secondary N) is 1. The van der Waals surface area contributed by atoms with Gasteiger partial charge in [0, 0.05) is 12.6 Å². The van der Waals surface area contributed by atoms with Crippen molar-refractivity contribution in [2.75, 3.05) is 7.05 Å². The first-order chi connectivity index (χ1) is 8.99. The summed E-state index contributed by atoms with van der Waals surface area (Å²) in [6.07, 6.45) is 3.30. The Kier molecular flexibility index (Phi) is 3.78. The van der Waals surface area contributed by atoms with Gasteiger partial charge in [0.05, 0.1) is 12.8 Å². The zero-order valence-corrected chi connectivity index (χ0v) is 11.0.